The molecule has 144 valence electrons. The lowest BCUT2D eigenvalue weighted by atomic mass is 9.91. The minimum absolute atomic E-state index is 0.0144. The van der Waals surface area contributed by atoms with Crippen LogP contribution in [0.1, 0.15) is 18.4 Å². The Bertz CT molecular complexity index is 648. The van der Waals surface area contributed by atoms with Gasteiger partial charge in [-0.1, -0.05) is 18.2 Å². The highest BCUT2D eigenvalue weighted by Gasteiger charge is 2.47. The maximum absolute atomic E-state index is 12.7. The first kappa shape index (κ1) is 19.2. The number of ether oxygens (including phenoxy) is 2. The van der Waals surface area contributed by atoms with E-state index in [1.54, 1.807) is 6.08 Å². The van der Waals surface area contributed by atoms with Crippen molar-refractivity contribution in [2.45, 2.75) is 43.6 Å². The van der Waals surface area contributed by atoms with Crippen molar-refractivity contribution in [2.75, 3.05) is 6.61 Å². The molecule has 26 heavy (non-hydrogen) atoms. The van der Waals surface area contributed by atoms with Crippen molar-refractivity contribution in [3.63, 3.8) is 0 Å². The lowest BCUT2D eigenvalue weighted by Gasteiger charge is -2.17. The zero-order valence-corrected chi connectivity index (χ0v) is 13.8. The summed E-state index contributed by atoms with van der Waals surface area (Å²) in [5.41, 5.74) is -0.819. The molecule has 0 radical (unpaired) electrons. The van der Waals surface area contributed by atoms with Gasteiger partial charge in [0, 0.05) is 18.8 Å². The van der Waals surface area contributed by atoms with E-state index in [1.807, 2.05) is 0 Å². The van der Waals surface area contributed by atoms with Crippen molar-refractivity contribution < 1.29 is 38.0 Å². The molecule has 1 saturated heterocycles. The van der Waals surface area contributed by atoms with E-state index >= 15 is 0 Å². The maximum Gasteiger partial charge on any atom is 0.416 e. The summed E-state index contributed by atoms with van der Waals surface area (Å²) in [7, 11) is 0. The molecule has 1 aliphatic heterocycles. The highest BCUT2D eigenvalue weighted by Crippen LogP contribution is 2.43. The van der Waals surface area contributed by atoms with Gasteiger partial charge in [-0.2, -0.15) is 13.2 Å². The number of hydrogen-bond acceptors (Lipinski definition) is 5. The molecule has 0 spiro atoms. The van der Waals surface area contributed by atoms with E-state index in [-0.39, 0.29) is 30.3 Å². The Kier molecular flexibility index (Phi) is 5.57. The van der Waals surface area contributed by atoms with Crippen LogP contribution in [0.15, 0.2) is 36.4 Å². The van der Waals surface area contributed by atoms with E-state index in [4.69, 9.17) is 9.47 Å². The minimum atomic E-state index is -4.46. The third kappa shape index (κ3) is 4.37. The second-order valence-electron chi connectivity index (χ2n) is 6.70. The van der Waals surface area contributed by atoms with E-state index in [1.165, 1.54) is 18.2 Å². The predicted molar refractivity (Wildman–Crippen MR) is 85.2 cm³/mol. The van der Waals surface area contributed by atoms with Crippen LogP contribution in [0.2, 0.25) is 0 Å². The number of rotatable bonds is 5. The molecule has 2 aliphatic rings. The molecule has 1 saturated carbocycles. The summed E-state index contributed by atoms with van der Waals surface area (Å²) in [6, 6.07) is 4.44. The van der Waals surface area contributed by atoms with E-state index in [0.717, 1.165) is 12.1 Å². The van der Waals surface area contributed by atoms with Crippen LogP contribution in [0.25, 0.3) is 0 Å². The van der Waals surface area contributed by atoms with Crippen LogP contribution in [0.4, 0.5) is 13.2 Å². The molecule has 8 heteroatoms. The summed E-state index contributed by atoms with van der Waals surface area (Å²) in [6.45, 7) is -0.214. The fraction of sp³-hybridized carbons (Fsp3) is 0.556. The Morgan fingerprint density at radius 3 is 2.77 bits per heavy atom. The lowest BCUT2D eigenvalue weighted by Crippen LogP contribution is -2.20. The molecule has 1 aromatic rings. The third-order valence-corrected chi connectivity index (χ3v) is 4.83. The largest absolute Gasteiger partial charge is 0.491 e. The molecule has 1 aliphatic carbocycles. The zero-order chi connectivity index (χ0) is 18.9. The Labute approximate surface area is 148 Å². The first-order valence-electron chi connectivity index (χ1n) is 8.42. The Balaban J connectivity index is 1.54. The highest BCUT2D eigenvalue weighted by molar-refractivity contribution is 5.30. The fourth-order valence-electron chi connectivity index (χ4n) is 3.59. The molecule has 2 fully saturated rings. The van der Waals surface area contributed by atoms with E-state index in [9.17, 15) is 28.5 Å². The average molecular weight is 374 g/mol. The van der Waals surface area contributed by atoms with Gasteiger partial charge >= 0.3 is 6.18 Å². The third-order valence-electron chi connectivity index (χ3n) is 4.83. The van der Waals surface area contributed by atoms with Crippen molar-refractivity contribution in [3.05, 3.63) is 42.0 Å². The molecule has 1 unspecified atom stereocenters. The van der Waals surface area contributed by atoms with Crippen molar-refractivity contribution in [3.8, 4) is 5.75 Å². The van der Waals surface area contributed by atoms with E-state index in [0.29, 0.717) is 12.8 Å². The quantitative estimate of drug-likeness (QED) is 0.688. The lowest BCUT2D eigenvalue weighted by molar-refractivity contribution is -0.137. The van der Waals surface area contributed by atoms with Crippen molar-refractivity contribution >= 4 is 0 Å². The predicted octanol–water partition coefficient (Wildman–Crippen LogP) is 2.11. The summed E-state index contributed by atoms with van der Waals surface area (Å²) in [6.07, 6.45) is -3.18. The van der Waals surface area contributed by atoms with Crippen LogP contribution in [0, 0.1) is 11.8 Å². The van der Waals surface area contributed by atoms with Gasteiger partial charge in [-0.25, -0.2) is 0 Å². The monoisotopic (exact) mass is 374 g/mol. The van der Waals surface area contributed by atoms with E-state index < -0.39 is 30.2 Å². The Morgan fingerprint density at radius 2 is 2.04 bits per heavy atom. The maximum atomic E-state index is 12.7. The van der Waals surface area contributed by atoms with Gasteiger partial charge in [0.25, 0.3) is 0 Å². The standard InChI is InChI=1S/C18H21F3O5/c19-18(20,21)10-2-1-3-12(6-10)25-9-11(22)4-5-13-14-7-17(24)26-16(14)8-15(13)23/h1-6,11,13-17,22-24H,7-9H2/b5-4+/t11-,13+,14+,15-,16+,17?/m0/s1. The van der Waals surface area contributed by atoms with Gasteiger partial charge < -0.3 is 24.8 Å². The van der Waals surface area contributed by atoms with Gasteiger partial charge in [-0.3, -0.25) is 0 Å². The molecular formula is C18H21F3O5. The molecule has 5 nitrogen and oxygen atoms in total. The fourth-order valence-corrected chi connectivity index (χ4v) is 3.59. The molecule has 3 rings (SSSR count). The highest BCUT2D eigenvalue weighted by atomic mass is 19.4. The number of aliphatic hydroxyl groups excluding tert-OH is 3. The molecule has 6 atom stereocenters. The summed E-state index contributed by atoms with van der Waals surface area (Å²) < 4.78 is 48.5. The molecule has 0 amide bonds. The smallest absolute Gasteiger partial charge is 0.416 e. The van der Waals surface area contributed by atoms with Crippen LogP contribution in [-0.2, 0) is 10.9 Å². The molecule has 1 aromatic carbocycles. The van der Waals surface area contributed by atoms with Crippen molar-refractivity contribution in [2.24, 2.45) is 11.8 Å². The molecule has 0 aromatic heterocycles. The number of aliphatic hydroxyl groups is 3. The molecular weight excluding hydrogens is 353 g/mol. The van der Waals surface area contributed by atoms with Gasteiger partial charge in [-0.15, -0.1) is 0 Å². The molecule has 1 heterocycles. The first-order valence-corrected chi connectivity index (χ1v) is 8.42. The Morgan fingerprint density at radius 1 is 1.27 bits per heavy atom. The second kappa shape index (κ2) is 7.56. The number of halogens is 3. The molecule has 3 N–H and O–H groups in total. The number of fused-ring (bicyclic) bond motifs is 1. The summed E-state index contributed by atoms with van der Waals surface area (Å²) in [4.78, 5) is 0. The van der Waals surface area contributed by atoms with Crippen LogP contribution >= 0.6 is 0 Å². The van der Waals surface area contributed by atoms with Crippen LogP contribution in [-0.4, -0.2) is 46.5 Å². The van der Waals surface area contributed by atoms with Gasteiger partial charge in [0.2, 0.25) is 0 Å². The van der Waals surface area contributed by atoms with Crippen LogP contribution in [0.3, 0.4) is 0 Å². The van der Waals surface area contributed by atoms with Crippen LogP contribution < -0.4 is 4.74 Å². The van der Waals surface area contributed by atoms with Gasteiger partial charge in [-0.05, 0) is 24.1 Å². The number of benzene rings is 1. The van der Waals surface area contributed by atoms with Crippen LogP contribution in [0.5, 0.6) is 5.75 Å². The van der Waals surface area contributed by atoms with E-state index in [2.05, 4.69) is 0 Å². The van der Waals surface area contributed by atoms with Gasteiger partial charge in [0.05, 0.1) is 17.8 Å². The number of hydrogen-bond donors (Lipinski definition) is 3. The normalized spacial score (nSPS) is 32.8. The summed E-state index contributed by atoms with van der Waals surface area (Å²) in [5.74, 6) is -0.256. The minimum Gasteiger partial charge on any atom is -0.491 e. The van der Waals surface area contributed by atoms with Crippen molar-refractivity contribution in [1.29, 1.82) is 0 Å². The summed E-state index contributed by atoms with van der Waals surface area (Å²) in [5, 5.41) is 29.6. The SMILES string of the molecule is OC1C[C@@H]2[C@@H](/C=C/[C@H](O)COc3cccc(C(F)(F)F)c3)[C@@H](O)C[C@H]2O1. The second-order valence-corrected chi connectivity index (χ2v) is 6.70. The Hall–Kier alpha value is -1.61. The molecule has 0 bridgehead atoms. The van der Waals surface area contributed by atoms with Crippen molar-refractivity contribution in [1.82, 2.24) is 0 Å². The average Bonchev–Trinajstić information content (AvgIpc) is 3.05. The topological polar surface area (TPSA) is 79.2 Å². The summed E-state index contributed by atoms with van der Waals surface area (Å²) >= 11 is 0. The zero-order valence-electron chi connectivity index (χ0n) is 13.8. The first-order chi connectivity index (χ1) is 12.2. The number of alkyl halides is 3. The van der Waals surface area contributed by atoms with Gasteiger partial charge in [0.15, 0.2) is 6.29 Å². The van der Waals surface area contributed by atoms with Gasteiger partial charge in [0.1, 0.15) is 18.5 Å².